The molecule has 0 aliphatic carbocycles. The average molecular weight is 337 g/mol. The van der Waals surface area contributed by atoms with Crippen LogP contribution in [-0.2, 0) is 4.74 Å². The smallest absolute Gasteiger partial charge is 0.357 e. The fourth-order valence-electron chi connectivity index (χ4n) is 2.52. The highest BCUT2D eigenvalue weighted by Gasteiger charge is 2.22. The number of benzene rings is 1. The van der Waals surface area contributed by atoms with E-state index in [1.54, 1.807) is 18.3 Å². The standard InChI is InChI=1S/C18H15N3O2S/c1-2-23-18(22)17-16(20)9-15(10-19)21(17)14-5-3-12(4-6-14)13-7-8-24-11-13/h3-9,11H,2,20H2,1H3. The molecule has 1 aromatic carbocycles. The maximum Gasteiger partial charge on any atom is 0.357 e. The van der Waals surface area contributed by atoms with Crippen molar-refractivity contribution < 1.29 is 9.53 Å². The van der Waals surface area contributed by atoms with Crippen LogP contribution in [0.25, 0.3) is 16.8 Å². The summed E-state index contributed by atoms with van der Waals surface area (Å²) in [6.45, 7) is 1.96. The average Bonchev–Trinajstić information content (AvgIpc) is 3.22. The van der Waals surface area contributed by atoms with Crippen LogP contribution in [0.4, 0.5) is 5.69 Å². The number of nitrogen functional groups attached to an aromatic ring is 1. The van der Waals surface area contributed by atoms with Crippen molar-refractivity contribution >= 4 is 23.0 Å². The van der Waals surface area contributed by atoms with Crippen molar-refractivity contribution in [3.05, 3.63) is 58.5 Å². The summed E-state index contributed by atoms with van der Waals surface area (Å²) in [7, 11) is 0. The van der Waals surface area contributed by atoms with E-state index in [-0.39, 0.29) is 18.0 Å². The predicted molar refractivity (Wildman–Crippen MR) is 94.2 cm³/mol. The highest BCUT2D eigenvalue weighted by molar-refractivity contribution is 7.08. The van der Waals surface area contributed by atoms with E-state index >= 15 is 0 Å². The summed E-state index contributed by atoms with van der Waals surface area (Å²) in [4.78, 5) is 12.2. The number of nitrogens with two attached hydrogens (primary N) is 1. The highest BCUT2D eigenvalue weighted by Crippen LogP contribution is 2.27. The Morgan fingerprint density at radius 3 is 2.62 bits per heavy atom. The molecule has 3 rings (SSSR count). The third-order valence-corrected chi connectivity index (χ3v) is 4.28. The maximum absolute atomic E-state index is 12.2. The number of hydrogen-bond acceptors (Lipinski definition) is 5. The zero-order chi connectivity index (χ0) is 17.1. The first-order valence-corrected chi connectivity index (χ1v) is 8.31. The van der Waals surface area contributed by atoms with E-state index in [9.17, 15) is 10.1 Å². The van der Waals surface area contributed by atoms with E-state index in [0.717, 1.165) is 11.1 Å². The Balaban J connectivity index is 2.08. The topological polar surface area (TPSA) is 81.0 Å². The number of anilines is 1. The van der Waals surface area contributed by atoms with Crippen molar-refractivity contribution in [3.8, 4) is 22.9 Å². The Morgan fingerprint density at radius 2 is 2.04 bits per heavy atom. The van der Waals surface area contributed by atoms with Crippen LogP contribution in [-0.4, -0.2) is 17.1 Å². The van der Waals surface area contributed by atoms with Crippen LogP contribution in [0.3, 0.4) is 0 Å². The van der Waals surface area contributed by atoms with Crippen LogP contribution < -0.4 is 5.73 Å². The summed E-state index contributed by atoms with van der Waals surface area (Å²) in [5.74, 6) is -0.543. The van der Waals surface area contributed by atoms with Gasteiger partial charge in [0.2, 0.25) is 0 Å². The molecule has 0 radical (unpaired) electrons. The highest BCUT2D eigenvalue weighted by atomic mass is 32.1. The number of hydrogen-bond donors (Lipinski definition) is 1. The molecule has 2 N–H and O–H groups in total. The number of aromatic nitrogens is 1. The van der Waals surface area contributed by atoms with E-state index in [4.69, 9.17) is 10.5 Å². The summed E-state index contributed by atoms with van der Waals surface area (Å²) in [6, 6.07) is 13.2. The number of nitrogens with zero attached hydrogens (tertiary/aromatic N) is 2. The van der Waals surface area contributed by atoms with Gasteiger partial charge in [-0.25, -0.2) is 4.79 Å². The molecule has 6 heteroatoms. The van der Waals surface area contributed by atoms with Crippen LogP contribution in [0.1, 0.15) is 23.1 Å². The monoisotopic (exact) mass is 337 g/mol. The first kappa shape index (κ1) is 15.8. The SMILES string of the molecule is CCOC(=O)c1c(N)cc(C#N)n1-c1ccc(-c2ccsc2)cc1. The van der Waals surface area contributed by atoms with Gasteiger partial charge < -0.3 is 10.5 Å². The molecule has 2 heterocycles. The lowest BCUT2D eigenvalue weighted by molar-refractivity contribution is 0.0518. The van der Waals surface area contributed by atoms with E-state index in [0.29, 0.717) is 11.4 Å². The molecule has 0 spiro atoms. The van der Waals surface area contributed by atoms with Gasteiger partial charge in [0.1, 0.15) is 11.8 Å². The molecule has 5 nitrogen and oxygen atoms in total. The minimum atomic E-state index is -0.543. The van der Waals surface area contributed by atoms with Crippen molar-refractivity contribution in [1.29, 1.82) is 5.26 Å². The number of esters is 1. The number of carbonyl (C=O) groups excluding carboxylic acids is 1. The molecular weight excluding hydrogens is 322 g/mol. The molecule has 0 saturated carbocycles. The molecule has 0 aliphatic rings. The van der Waals surface area contributed by atoms with Gasteiger partial charge in [0.15, 0.2) is 5.69 Å². The van der Waals surface area contributed by atoms with E-state index in [1.807, 2.05) is 35.7 Å². The third kappa shape index (κ3) is 2.77. The molecule has 0 fully saturated rings. The Hall–Kier alpha value is -3.04. The van der Waals surface area contributed by atoms with Crippen molar-refractivity contribution in [2.75, 3.05) is 12.3 Å². The summed E-state index contributed by atoms with van der Waals surface area (Å²) < 4.78 is 6.60. The zero-order valence-electron chi connectivity index (χ0n) is 13.0. The fraction of sp³-hybridized carbons (Fsp3) is 0.111. The Kier molecular flexibility index (Phi) is 4.36. The normalized spacial score (nSPS) is 10.3. The molecule has 3 aromatic rings. The lowest BCUT2D eigenvalue weighted by Crippen LogP contribution is -2.13. The van der Waals surface area contributed by atoms with Crippen molar-refractivity contribution in [2.45, 2.75) is 6.92 Å². The van der Waals surface area contributed by atoms with Crippen LogP contribution >= 0.6 is 11.3 Å². The first-order valence-electron chi connectivity index (χ1n) is 7.37. The molecule has 0 unspecified atom stereocenters. The third-order valence-electron chi connectivity index (χ3n) is 3.59. The van der Waals surface area contributed by atoms with E-state index < -0.39 is 5.97 Å². The number of nitriles is 1. The summed E-state index contributed by atoms with van der Waals surface area (Å²) in [6.07, 6.45) is 0. The molecule has 24 heavy (non-hydrogen) atoms. The molecule has 120 valence electrons. The Labute approximate surface area is 143 Å². The van der Waals surface area contributed by atoms with Gasteiger partial charge in [-0.05, 0) is 53.1 Å². The number of thiophene rings is 1. The van der Waals surface area contributed by atoms with Crippen LogP contribution in [0, 0.1) is 11.3 Å². The zero-order valence-corrected chi connectivity index (χ0v) is 13.8. The molecule has 0 aliphatic heterocycles. The minimum absolute atomic E-state index is 0.177. The molecule has 0 atom stereocenters. The Bertz CT molecular complexity index is 903. The second kappa shape index (κ2) is 6.60. The van der Waals surface area contributed by atoms with Gasteiger partial charge in [-0.1, -0.05) is 12.1 Å². The summed E-state index contributed by atoms with van der Waals surface area (Å²) in [5.41, 5.74) is 9.50. The van der Waals surface area contributed by atoms with Gasteiger partial charge in [0.25, 0.3) is 0 Å². The number of ether oxygens (including phenoxy) is 1. The number of rotatable bonds is 4. The summed E-state index contributed by atoms with van der Waals surface area (Å²) in [5, 5.41) is 13.4. The van der Waals surface area contributed by atoms with Gasteiger partial charge in [0, 0.05) is 5.69 Å². The second-order valence-electron chi connectivity index (χ2n) is 5.06. The van der Waals surface area contributed by atoms with E-state index in [2.05, 4.69) is 11.4 Å². The first-order chi connectivity index (χ1) is 11.7. The molecular formula is C18H15N3O2S. The number of carbonyl (C=O) groups is 1. The van der Waals surface area contributed by atoms with Crippen LogP contribution in [0.15, 0.2) is 47.2 Å². The van der Waals surface area contributed by atoms with E-state index in [1.165, 1.54) is 10.6 Å². The minimum Gasteiger partial charge on any atom is -0.461 e. The molecule has 0 saturated heterocycles. The van der Waals surface area contributed by atoms with Gasteiger partial charge in [-0.15, -0.1) is 0 Å². The van der Waals surface area contributed by atoms with Crippen molar-refractivity contribution in [2.24, 2.45) is 0 Å². The molecule has 0 amide bonds. The maximum atomic E-state index is 12.2. The largest absolute Gasteiger partial charge is 0.461 e. The van der Waals surface area contributed by atoms with Gasteiger partial charge in [-0.2, -0.15) is 16.6 Å². The lowest BCUT2D eigenvalue weighted by Gasteiger charge is -2.11. The fourth-order valence-corrected chi connectivity index (χ4v) is 3.19. The quantitative estimate of drug-likeness (QED) is 0.734. The lowest BCUT2D eigenvalue weighted by atomic mass is 10.1. The second-order valence-corrected chi connectivity index (χ2v) is 5.84. The Morgan fingerprint density at radius 1 is 1.29 bits per heavy atom. The molecule has 0 bridgehead atoms. The van der Waals surface area contributed by atoms with Gasteiger partial charge in [-0.3, -0.25) is 4.57 Å². The van der Waals surface area contributed by atoms with Crippen LogP contribution in [0.2, 0.25) is 0 Å². The van der Waals surface area contributed by atoms with Gasteiger partial charge >= 0.3 is 5.97 Å². The predicted octanol–water partition coefficient (Wildman–Crippen LogP) is 3.84. The van der Waals surface area contributed by atoms with Crippen molar-refractivity contribution in [1.82, 2.24) is 4.57 Å². The van der Waals surface area contributed by atoms with Gasteiger partial charge in [0.05, 0.1) is 12.3 Å². The van der Waals surface area contributed by atoms with Crippen LogP contribution in [0.5, 0.6) is 0 Å². The molecule has 2 aromatic heterocycles. The van der Waals surface area contributed by atoms with Crippen molar-refractivity contribution in [3.63, 3.8) is 0 Å². The summed E-state index contributed by atoms with van der Waals surface area (Å²) >= 11 is 1.63.